The third-order valence-corrected chi connectivity index (χ3v) is 2.31. The third-order valence-electron chi connectivity index (χ3n) is 2.31. The van der Waals surface area contributed by atoms with Crippen LogP contribution >= 0.6 is 0 Å². The Bertz CT molecular complexity index is 537. The minimum atomic E-state index is -0.315. The van der Waals surface area contributed by atoms with Gasteiger partial charge in [0.2, 0.25) is 5.71 Å². The smallest absolute Gasteiger partial charge is 0.337 e. The standard InChI is InChI=1S/C10H12N2O2/c1-4-12-10-9(7(3)11-12)6(2)5-8(13)14-10/h5H,4H2,1-3H3. The summed E-state index contributed by atoms with van der Waals surface area (Å²) in [4.78, 5) is 11.2. The molecule has 74 valence electrons. The van der Waals surface area contributed by atoms with Gasteiger partial charge in [-0.25, -0.2) is 9.48 Å². The first-order chi connectivity index (χ1) is 6.63. The summed E-state index contributed by atoms with van der Waals surface area (Å²) < 4.78 is 6.84. The first kappa shape index (κ1) is 8.99. The van der Waals surface area contributed by atoms with Gasteiger partial charge in [0.05, 0.1) is 11.1 Å². The fraction of sp³-hybridized carbons (Fsp3) is 0.400. The maximum atomic E-state index is 11.2. The number of rotatable bonds is 1. The van der Waals surface area contributed by atoms with Gasteiger partial charge in [-0.1, -0.05) is 0 Å². The molecule has 2 aromatic rings. The summed E-state index contributed by atoms with van der Waals surface area (Å²) in [6, 6.07) is 1.50. The maximum absolute atomic E-state index is 11.2. The van der Waals surface area contributed by atoms with E-state index in [-0.39, 0.29) is 5.63 Å². The number of hydrogen-bond donors (Lipinski definition) is 0. The van der Waals surface area contributed by atoms with E-state index in [1.807, 2.05) is 20.8 Å². The van der Waals surface area contributed by atoms with Crippen molar-refractivity contribution in [2.75, 3.05) is 0 Å². The Morgan fingerprint density at radius 2 is 2.21 bits per heavy atom. The van der Waals surface area contributed by atoms with Crippen LogP contribution in [0.2, 0.25) is 0 Å². The number of hydrogen-bond acceptors (Lipinski definition) is 3. The summed E-state index contributed by atoms with van der Waals surface area (Å²) in [6.45, 7) is 6.49. The Morgan fingerprint density at radius 1 is 1.50 bits per heavy atom. The predicted octanol–water partition coefficient (Wildman–Crippen LogP) is 1.63. The second-order valence-electron chi connectivity index (χ2n) is 3.33. The molecule has 0 aliphatic rings. The summed E-state index contributed by atoms with van der Waals surface area (Å²) in [5.74, 6) is 0. The average Bonchev–Trinajstić information content (AvgIpc) is 2.42. The molecule has 0 radical (unpaired) electrons. The number of nitrogens with zero attached hydrogens (tertiary/aromatic N) is 2. The van der Waals surface area contributed by atoms with Gasteiger partial charge in [-0.05, 0) is 26.3 Å². The molecule has 4 nitrogen and oxygen atoms in total. The molecule has 0 spiro atoms. The molecule has 2 heterocycles. The van der Waals surface area contributed by atoms with E-state index in [4.69, 9.17) is 4.42 Å². The zero-order chi connectivity index (χ0) is 10.3. The lowest BCUT2D eigenvalue weighted by atomic mass is 10.2. The molecule has 2 rings (SSSR count). The van der Waals surface area contributed by atoms with Crippen LogP contribution in [0, 0.1) is 13.8 Å². The predicted molar refractivity (Wildman–Crippen MR) is 53.4 cm³/mol. The summed E-state index contributed by atoms with van der Waals surface area (Å²) in [5.41, 5.74) is 2.09. The van der Waals surface area contributed by atoms with Crippen molar-refractivity contribution in [1.29, 1.82) is 0 Å². The van der Waals surface area contributed by atoms with Gasteiger partial charge in [-0.3, -0.25) is 0 Å². The molecule has 0 bridgehead atoms. The van der Waals surface area contributed by atoms with Crippen LogP contribution in [-0.4, -0.2) is 9.78 Å². The van der Waals surface area contributed by atoms with Crippen molar-refractivity contribution in [2.45, 2.75) is 27.3 Å². The summed E-state index contributed by atoms with van der Waals surface area (Å²) in [5, 5.41) is 5.24. The molecule has 0 fully saturated rings. The molecular formula is C10H12N2O2. The molecule has 0 aliphatic heterocycles. The molecule has 0 atom stereocenters. The molecule has 4 heteroatoms. The lowest BCUT2D eigenvalue weighted by molar-refractivity contribution is 0.507. The van der Waals surface area contributed by atoms with E-state index >= 15 is 0 Å². The van der Waals surface area contributed by atoms with Crippen molar-refractivity contribution >= 4 is 11.1 Å². The van der Waals surface area contributed by atoms with Crippen LogP contribution in [0.4, 0.5) is 0 Å². The zero-order valence-corrected chi connectivity index (χ0v) is 8.50. The van der Waals surface area contributed by atoms with E-state index < -0.39 is 0 Å². The zero-order valence-electron chi connectivity index (χ0n) is 8.50. The topological polar surface area (TPSA) is 48.0 Å². The molecule has 0 saturated carbocycles. The number of aryl methyl sites for hydroxylation is 3. The second-order valence-corrected chi connectivity index (χ2v) is 3.33. The van der Waals surface area contributed by atoms with Crippen molar-refractivity contribution in [1.82, 2.24) is 9.78 Å². The van der Waals surface area contributed by atoms with Gasteiger partial charge < -0.3 is 4.42 Å². The lowest BCUT2D eigenvalue weighted by Crippen LogP contribution is -2.01. The maximum Gasteiger partial charge on any atom is 0.337 e. The van der Waals surface area contributed by atoms with Crippen LogP contribution in [0.3, 0.4) is 0 Å². The Morgan fingerprint density at radius 3 is 2.86 bits per heavy atom. The highest BCUT2D eigenvalue weighted by Crippen LogP contribution is 2.19. The van der Waals surface area contributed by atoms with Gasteiger partial charge in [0, 0.05) is 12.6 Å². The monoisotopic (exact) mass is 192 g/mol. The van der Waals surface area contributed by atoms with Crippen LogP contribution in [0.25, 0.3) is 11.1 Å². The van der Waals surface area contributed by atoms with E-state index in [0.717, 1.165) is 16.6 Å². The van der Waals surface area contributed by atoms with Crippen molar-refractivity contribution in [2.24, 2.45) is 0 Å². The van der Waals surface area contributed by atoms with Crippen molar-refractivity contribution < 1.29 is 4.42 Å². The quantitative estimate of drug-likeness (QED) is 0.689. The van der Waals surface area contributed by atoms with E-state index in [2.05, 4.69) is 5.10 Å². The normalized spacial score (nSPS) is 11.1. The number of fused-ring (bicyclic) bond motifs is 1. The minimum Gasteiger partial charge on any atom is -0.404 e. The molecular weight excluding hydrogens is 180 g/mol. The molecule has 2 aromatic heterocycles. The van der Waals surface area contributed by atoms with Crippen LogP contribution in [-0.2, 0) is 6.54 Å². The van der Waals surface area contributed by atoms with Crippen LogP contribution < -0.4 is 5.63 Å². The fourth-order valence-corrected chi connectivity index (χ4v) is 1.71. The van der Waals surface area contributed by atoms with E-state index in [0.29, 0.717) is 12.3 Å². The molecule has 0 unspecified atom stereocenters. The van der Waals surface area contributed by atoms with Gasteiger partial charge in [0.1, 0.15) is 0 Å². The lowest BCUT2D eigenvalue weighted by Gasteiger charge is -1.96. The summed E-state index contributed by atoms with van der Waals surface area (Å²) in [7, 11) is 0. The molecule has 0 N–H and O–H groups in total. The van der Waals surface area contributed by atoms with Gasteiger partial charge in [0.25, 0.3) is 0 Å². The Hall–Kier alpha value is -1.58. The average molecular weight is 192 g/mol. The molecule has 0 aliphatic carbocycles. The van der Waals surface area contributed by atoms with Gasteiger partial charge in [0.15, 0.2) is 0 Å². The van der Waals surface area contributed by atoms with Crippen LogP contribution in [0.1, 0.15) is 18.2 Å². The van der Waals surface area contributed by atoms with Crippen molar-refractivity contribution in [3.05, 3.63) is 27.7 Å². The Kier molecular flexibility index (Phi) is 1.91. The first-order valence-corrected chi connectivity index (χ1v) is 4.61. The fourth-order valence-electron chi connectivity index (χ4n) is 1.71. The Balaban J connectivity index is 2.96. The molecule has 0 aromatic carbocycles. The van der Waals surface area contributed by atoms with Gasteiger partial charge in [-0.15, -0.1) is 0 Å². The van der Waals surface area contributed by atoms with Gasteiger partial charge >= 0.3 is 5.63 Å². The highest BCUT2D eigenvalue weighted by atomic mass is 16.4. The highest BCUT2D eigenvalue weighted by Gasteiger charge is 2.11. The van der Waals surface area contributed by atoms with E-state index in [1.54, 1.807) is 4.68 Å². The molecule has 0 saturated heterocycles. The van der Waals surface area contributed by atoms with Crippen molar-refractivity contribution in [3.8, 4) is 0 Å². The SMILES string of the molecule is CCn1nc(C)c2c(C)cc(=O)oc21. The van der Waals surface area contributed by atoms with Gasteiger partial charge in [-0.2, -0.15) is 5.10 Å². The molecule has 14 heavy (non-hydrogen) atoms. The van der Waals surface area contributed by atoms with Crippen LogP contribution in [0.5, 0.6) is 0 Å². The first-order valence-electron chi connectivity index (χ1n) is 4.61. The third kappa shape index (κ3) is 1.14. The largest absolute Gasteiger partial charge is 0.404 e. The van der Waals surface area contributed by atoms with Crippen LogP contribution in [0.15, 0.2) is 15.3 Å². The van der Waals surface area contributed by atoms with Crippen molar-refractivity contribution in [3.63, 3.8) is 0 Å². The van der Waals surface area contributed by atoms with E-state index in [9.17, 15) is 4.79 Å². The van der Waals surface area contributed by atoms with E-state index in [1.165, 1.54) is 6.07 Å². The minimum absolute atomic E-state index is 0.315. The molecule has 0 amide bonds. The summed E-state index contributed by atoms with van der Waals surface area (Å²) in [6.07, 6.45) is 0. The number of aromatic nitrogens is 2. The Labute approximate surface area is 81.1 Å². The second kappa shape index (κ2) is 2.97. The summed E-state index contributed by atoms with van der Waals surface area (Å²) >= 11 is 0. The highest BCUT2D eigenvalue weighted by molar-refractivity contribution is 5.79.